The number of nitro benzene ring substituents is 1. The number of nitrogens with zero attached hydrogens (tertiary/aromatic N) is 1. The van der Waals surface area contributed by atoms with Gasteiger partial charge in [0.05, 0.1) is 44.4 Å². The van der Waals surface area contributed by atoms with E-state index in [2.05, 4.69) is 0 Å². The van der Waals surface area contributed by atoms with E-state index in [1.54, 1.807) is 31.2 Å². The van der Waals surface area contributed by atoms with Crippen LogP contribution in [0.2, 0.25) is 0 Å². The lowest BCUT2D eigenvalue weighted by Crippen LogP contribution is -2.63. The predicted molar refractivity (Wildman–Crippen MR) is 176 cm³/mol. The minimum absolute atomic E-state index is 0.00395. The van der Waals surface area contributed by atoms with Crippen molar-refractivity contribution in [1.82, 2.24) is 0 Å². The van der Waals surface area contributed by atoms with E-state index >= 15 is 0 Å². The number of carbonyl (C=O) groups excluding carboxylic acids is 2. The highest BCUT2D eigenvalue weighted by molar-refractivity contribution is 5.79. The number of methoxy groups -OCH3 is 2. The molecule has 1 aliphatic carbocycles. The zero-order chi connectivity index (χ0) is 37.8. The molecule has 3 saturated heterocycles. The van der Waals surface area contributed by atoms with Gasteiger partial charge >= 0.3 is 12.1 Å². The molecule has 286 valence electrons. The van der Waals surface area contributed by atoms with E-state index in [0.29, 0.717) is 28.2 Å². The van der Waals surface area contributed by atoms with E-state index in [-0.39, 0.29) is 48.7 Å². The van der Waals surface area contributed by atoms with E-state index in [0.717, 1.165) is 0 Å². The molecule has 3 aromatic carbocycles. The minimum Gasteiger partial charge on any atom is -0.493 e. The summed E-state index contributed by atoms with van der Waals surface area (Å²) in [6.45, 7) is 1.71. The van der Waals surface area contributed by atoms with Crippen molar-refractivity contribution in [3.63, 3.8) is 0 Å². The fourth-order valence-corrected chi connectivity index (χ4v) is 7.66. The van der Waals surface area contributed by atoms with Crippen LogP contribution in [0.15, 0.2) is 48.5 Å². The third kappa shape index (κ3) is 6.29. The van der Waals surface area contributed by atoms with Crippen LogP contribution in [0.4, 0.5) is 10.5 Å². The number of fused-ring (bicyclic) bond motifs is 4. The molecule has 0 bridgehead atoms. The molecule has 0 aromatic heterocycles. The summed E-state index contributed by atoms with van der Waals surface area (Å²) in [4.78, 5) is 37.0. The molecular weight excluding hydrogens is 718 g/mol. The Hall–Kier alpha value is -5.24. The third-order valence-corrected chi connectivity index (χ3v) is 10.2. The molecule has 10 atom stereocenters. The molecule has 0 saturated carbocycles. The first-order valence-corrected chi connectivity index (χ1v) is 17.0. The Kier molecular flexibility index (Phi) is 9.41. The average Bonchev–Trinajstić information content (AvgIpc) is 3.79. The maximum Gasteiger partial charge on any atom is 0.519 e. The number of aliphatic hydroxyl groups excluding tert-OH is 2. The molecule has 2 N–H and O–H groups in total. The zero-order valence-electron chi connectivity index (χ0n) is 29.0. The second-order valence-electron chi connectivity index (χ2n) is 13.2. The quantitative estimate of drug-likeness (QED) is 0.146. The zero-order valence-corrected chi connectivity index (χ0v) is 29.0. The number of rotatable bonds is 8. The van der Waals surface area contributed by atoms with Crippen LogP contribution in [0.5, 0.6) is 34.5 Å². The largest absolute Gasteiger partial charge is 0.519 e. The van der Waals surface area contributed by atoms with Gasteiger partial charge in [0.15, 0.2) is 35.6 Å². The van der Waals surface area contributed by atoms with Gasteiger partial charge in [0, 0.05) is 24.0 Å². The van der Waals surface area contributed by atoms with Gasteiger partial charge in [-0.05, 0) is 60.0 Å². The van der Waals surface area contributed by atoms with E-state index in [1.165, 1.54) is 38.5 Å². The second-order valence-corrected chi connectivity index (χ2v) is 13.2. The fraction of sp³-hybridized carbons (Fsp3) is 0.444. The maximum absolute atomic E-state index is 13.7. The monoisotopic (exact) mass is 753 g/mol. The van der Waals surface area contributed by atoms with Crippen molar-refractivity contribution in [2.75, 3.05) is 34.2 Å². The summed E-state index contributed by atoms with van der Waals surface area (Å²) >= 11 is 0. The van der Waals surface area contributed by atoms with Crippen molar-refractivity contribution in [3.05, 3.63) is 75.3 Å². The molecule has 0 amide bonds. The van der Waals surface area contributed by atoms with Gasteiger partial charge < -0.3 is 62.3 Å². The van der Waals surface area contributed by atoms with Gasteiger partial charge in [-0.15, -0.1) is 0 Å². The Balaban J connectivity index is 1.14. The van der Waals surface area contributed by atoms with Crippen LogP contribution in [-0.2, 0) is 28.5 Å². The van der Waals surface area contributed by atoms with Gasteiger partial charge in [0.25, 0.3) is 5.69 Å². The van der Waals surface area contributed by atoms with Gasteiger partial charge in [-0.25, -0.2) is 4.79 Å². The molecule has 3 fully saturated rings. The first-order valence-electron chi connectivity index (χ1n) is 17.0. The van der Waals surface area contributed by atoms with Crippen LogP contribution < -0.4 is 28.4 Å². The van der Waals surface area contributed by atoms with E-state index in [9.17, 15) is 29.9 Å². The van der Waals surface area contributed by atoms with Gasteiger partial charge in [-0.3, -0.25) is 14.9 Å². The van der Waals surface area contributed by atoms with Crippen LogP contribution in [0.1, 0.15) is 35.6 Å². The molecule has 4 heterocycles. The number of hydrogen-bond donors (Lipinski definition) is 2. The summed E-state index contributed by atoms with van der Waals surface area (Å²) < 4.78 is 63.0. The highest BCUT2D eigenvalue weighted by Crippen LogP contribution is 2.57. The Labute approximate surface area is 306 Å². The first kappa shape index (κ1) is 35.8. The summed E-state index contributed by atoms with van der Waals surface area (Å²) in [5.41, 5.74) is 1.52. The van der Waals surface area contributed by atoms with Crippen molar-refractivity contribution in [2.45, 2.75) is 55.9 Å². The second kappa shape index (κ2) is 14.2. The lowest BCUT2D eigenvalue weighted by Gasteiger charge is -2.47. The van der Waals surface area contributed by atoms with Crippen molar-refractivity contribution in [1.29, 1.82) is 0 Å². The van der Waals surface area contributed by atoms with Crippen molar-refractivity contribution < 1.29 is 76.8 Å². The number of nitro groups is 1. The average molecular weight is 754 g/mol. The number of aliphatic hydroxyl groups is 2. The Morgan fingerprint density at radius 2 is 1.57 bits per heavy atom. The smallest absolute Gasteiger partial charge is 0.493 e. The van der Waals surface area contributed by atoms with Gasteiger partial charge in [-0.2, -0.15) is 0 Å². The molecule has 18 nitrogen and oxygen atoms in total. The van der Waals surface area contributed by atoms with E-state index < -0.39 is 77.9 Å². The highest BCUT2D eigenvalue weighted by Gasteiger charge is 2.56. The standard InChI is InChI=1S/C36H35NO17/c1-15-46-13-26-33(50-15)29(38)30(39)35(52-26)53-31-20-11-23-22(48-14-49-23)10-19(20)27(28-21(31)12-47-34(28)40)16-8-24(44-2)32(25(9-16)45-3)54-36(41)51-18-6-4-17(5-7-18)37(42)43/h4-11,15,21,26-31,33,35,38-39H,12-14H2,1-3H3/t15?,21?,26?,27-,28+,29?,30?,31-,33?,35?/m1/s1. The molecule has 3 aromatic rings. The van der Waals surface area contributed by atoms with Crippen LogP contribution >= 0.6 is 0 Å². The first-order chi connectivity index (χ1) is 26.0. The molecule has 18 heteroatoms. The number of non-ortho nitro benzene ring substituents is 1. The number of carbonyl (C=O) groups is 2. The molecule has 4 aliphatic heterocycles. The summed E-state index contributed by atoms with van der Waals surface area (Å²) in [5.74, 6) is -1.86. The molecule has 7 unspecified atom stereocenters. The summed E-state index contributed by atoms with van der Waals surface area (Å²) in [6, 6.07) is 11.5. The van der Waals surface area contributed by atoms with Gasteiger partial charge in [-0.1, -0.05) is 0 Å². The van der Waals surface area contributed by atoms with Crippen molar-refractivity contribution >= 4 is 17.8 Å². The van der Waals surface area contributed by atoms with Crippen LogP contribution in [-0.4, -0.2) is 98.5 Å². The normalized spacial score (nSPS) is 30.6. The molecule has 0 radical (unpaired) electrons. The number of ether oxygens (including phenoxy) is 11. The third-order valence-electron chi connectivity index (χ3n) is 10.2. The Morgan fingerprint density at radius 3 is 2.24 bits per heavy atom. The molecule has 8 rings (SSSR count). The molecular formula is C36H35NO17. The summed E-state index contributed by atoms with van der Waals surface area (Å²) in [6.07, 6.45) is -8.43. The number of esters is 1. The Bertz CT molecular complexity index is 1930. The molecule has 54 heavy (non-hydrogen) atoms. The minimum atomic E-state index is -1.50. The highest BCUT2D eigenvalue weighted by atomic mass is 16.8. The van der Waals surface area contributed by atoms with E-state index in [4.69, 9.17) is 52.1 Å². The van der Waals surface area contributed by atoms with Crippen LogP contribution in [0, 0.1) is 22.0 Å². The lowest BCUT2D eigenvalue weighted by atomic mass is 9.66. The Morgan fingerprint density at radius 1 is 0.889 bits per heavy atom. The van der Waals surface area contributed by atoms with Crippen LogP contribution in [0.3, 0.4) is 0 Å². The van der Waals surface area contributed by atoms with Gasteiger partial charge in [0.1, 0.15) is 30.2 Å². The topological polar surface area (TPSA) is 219 Å². The molecule has 0 spiro atoms. The van der Waals surface area contributed by atoms with Crippen molar-refractivity contribution in [2.24, 2.45) is 11.8 Å². The fourth-order valence-electron chi connectivity index (χ4n) is 7.66. The van der Waals surface area contributed by atoms with Crippen molar-refractivity contribution in [3.8, 4) is 34.5 Å². The lowest BCUT2D eigenvalue weighted by molar-refractivity contribution is -0.384. The van der Waals surface area contributed by atoms with Gasteiger partial charge in [0.2, 0.25) is 12.5 Å². The summed E-state index contributed by atoms with van der Waals surface area (Å²) in [5, 5.41) is 33.2. The number of cyclic esters (lactones) is 1. The summed E-state index contributed by atoms with van der Waals surface area (Å²) in [7, 11) is 2.71. The molecule has 5 aliphatic rings. The van der Waals surface area contributed by atoms with E-state index in [1.807, 2.05) is 0 Å². The number of benzene rings is 3. The number of hydrogen-bond acceptors (Lipinski definition) is 17. The predicted octanol–water partition coefficient (Wildman–Crippen LogP) is 3.12. The SMILES string of the molecule is COc1cc([C@@H]2c3cc4c(cc3[C@@H](OC3OC5COC(C)OC5C(O)C3O)C3COC(=O)[C@@H]32)OCO4)cc(OC)c1OC(=O)Oc1ccc([N+](=O)[O-])cc1. The maximum atomic E-state index is 13.7. The van der Waals surface area contributed by atoms with Crippen LogP contribution in [0.25, 0.3) is 0 Å².